The van der Waals surface area contributed by atoms with E-state index in [2.05, 4.69) is 19.9 Å². The van der Waals surface area contributed by atoms with Crippen molar-refractivity contribution in [2.45, 2.75) is 48.8 Å². The summed E-state index contributed by atoms with van der Waals surface area (Å²) in [5, 5.41) is 0.555. The van der Waals surface area contributed by atoms with Crippen LogP contribution < -0.4 is 0 Å². The molecule has 1 aliphatic heterocycles. The average Bonchev–Trinajstić information content (AvgIpc) is 2.97. The summed E-state index contributed by atoms with van der Waals surface area (Å²) in [6.07, 6.45) is 8.00. The summed E-state index contributed by atoms with van der Waals surface area (Å²) in [6.45, 7) is 0. The lowest BCUT2D eigenvalue weighted by Crippen LogP contribution is -2.16. The summed E-state index contributed by atoms with van der Waals surface area (Å²) in [6, 6.07) is 0. The molecule has 0 amide bonds. The van der Waals surface area contributed by atoms with E-state index in [-0.39, 0.29) is 12.1 Å². The van der Waals surface area contributed by atoms with Crippen molar-refractivity contribution in [2.75, 3.05) is 5.75 Å². The Kier molecular flexibility index (Phi) is 3.80. The molecule has 1 fully saturated rings. The van der Waals surface area contributed by atoms with Gasteiger partial charge in [0.15, 0.2) is 0 Å². The molecular weight excluding hydrogens is 332 g/mol. The average molecular weight is 350 g/mol. The molecule has 1 saturated carbocycles. The standard InChI is InChI=1S/C16H17ClN4OS/c17-12-7-18-15(19-8-12)10-1-3-11(4-2-10)16-20-9-14-13(21-16)5-6-23(14)22/h7-11H,1-6H2/t10?,11?,23-/m1/s1/i9D. The molecule has 2 aromatic heterocycles. The third-order valence-corrected chi connectivity index (χ3v) is 6.19. The fourth-order valence-electron chi connectivity index (χ4n) is 3.36. The van der Waals surface area contributed by atoms with Gasteiger partial charge >= 0.3 is 0 Å². The zero-order valence-corrected chi connectivity index (χ0v) is 14.1. The number of hydrogen-bond acceptors (Lipinski definition) is 5. The molecule has 2 aromatic rings. The number of fused-ring (bicyclic) bond motifs is 1. The highest BCUT2D eigenvalue weighted by atomic mass is 35.5. The Morgan fingerprint density at radius 1 is 1.09 bits per heavy atom. The SMILES string of the molecule is [2H]c1nc(C2CCC(c3ncc(Cl)cn3)CC2)nc2c1[S@](=O)CC2. The van der Waals surface area contributed by atoms with Crippen LogP contribution in [0, 0.1) is 0 Å². The molecular formula is C16H17ClN4OS. The first-order valence-electron chi connectivity index (χ1n) is 8.35. The van der Waals surface area contributed by atoms with Crippen molar-refractivity contribution in [1.82, 2.24) is 19.9 Å². The van der Waals surface area contributed by atoms with Crippen molar-refractivity contribution in [2.24, 2.45) is 0 Å². The maximum atomic E-state index is 11.9. The Balaban J connectivity index is 1.49. The highest BCUT2D eigenvalue weighted by molar-refractivity contribution is 7.85. The van der Waals surface area contributed by atoms with Crippen molar-refractivity contribution < 1.29 is 5.58 Å². The normalized spacial score (nSPS) is 27.5. The number of aromatic nitrogens is 4. The molecule has 3 heterocycles. The van der Waals surface area contributed by atoms with E-state index in [1.165, 1.54) is 0 Å². The molecule has 0 spiro atoms. The number of hydrogen-bond donors (Lipinski definition) is 0. The van der Waals surface area contributed by atoms with Crippen molar-refractivity contribution >= 4 is 22.4 Å². The Morgan fingerprint density at radius 2 is 1.74 bits per heavy atom. The summed E-state index contributed by atoms with van der Waals surface area (Å²) in [4.78, 5) is 18.2. The van der Waals surface area contributed by atoms with Gasteiger partial charge in [-0.2, -0.15) is 0 Å². The van der Waals surface area contributed by atoms with Crippen LogP contribution >= 0.6 is 11.6 Å². The fraction of sp³-hybridized carbons (Fsp3) is 0.500. The third kappa shape index (κ3) is 3.02. The van der Waals surface area contributed by atoms with Gasteiger partial charge in [0.25, 0.3) is 0 Å². The molecule has 2 aliphatic rings. The lowest BCUT2D eigenvalue weighted by Gasteiger charge is -2.26. The third-order valence-electron chi connectivity index (χ3n) is 4.63. The lowest BCUT2D eigenvalue weighted by molar-refractivity contribution is 0.374. The molecule has 23 heavy (non-hydrogen) atoms. The summed E-state index contributed by atoms with van der Waals surface area (Å²) >= 11 is 5.84. The van der Waals surface area contributed by atoms with Crippen LogP contribution in [0.2, 0.25) is 5.02 Å². The number of nitrogens with zero attached hydrogens (tertiary/aromatic N) is 4. The Bertz CT molecular complexity index is 793. The highest BCUT2D eigenvalue weighted by Gasteiger charge is 2.28. The van der Waals surface area contributed by atoms with E-state index in [1.807, 2.05) is 0 Å². The minimum atomic E-state index is -1.09. The van der Waals surface area contributed by atoms with E-state index >= 15 is 0 Å². The first-order chi connectivity index (χ1) is 11.6. The largest absolute Gasteiger partial charge is 0.254 e. The first kappa shape index (κ1) is 14.0. The van der Waals surface area contributed by atoms with Crippen LogP contribution in [-0.2, 0) is 17.2 Å². The predicted octanol–water partition coefficient (Wildman–Crippen LogP) is 3.03. The molecule has 120 valence electrons. The minimum Gasteiger partial charge on any atom is -0.254 e. The second-order valence-corrected chi connectivity index (χ2v) is 8.02. The molecule has 0 N–H and O–H groups in total. The first-order valence-corrected chi connectivity index (χ1v) is 9.54. The van der Waals surface area contributed by atoms with E-state index in [0.29, 0.717) is 28.0 Å². The quantitative estimate of drug-likeness (QED) is 0.833. The highest BCUT2D eigenvalue weighted by Crippen LogP contribution is 2.38. The minimum absolute atomic E-state index is 0.147. The van der Waals surface area contributed by atoms with Gasteiger partial charge in [0.1, 0.15) is 11.6 Å². The molecule has 7 heteroatoms. The Morgan fingerprint density at radius 3 is 2.43 bits per heavy atom. The van der Waals surface area contributed by atoms with Gasteiger partial charge < -0.3 is 0 Å². The van der Waals surface area contributed by atoms with E-state index in [0.717, 1.165) is 43.0 Å². The van der Waals surface area contributed by atoms with Gasteiger partial charge in [-0.05, 0) is 25.7 Å². The predicted molar refractivity (Wildman–Crippen MR) is 88.0 cm³/mol. The fourth-order valence-corrected chi connectivity index (χ4v) is 4.59. The molecule has 0 unspecified atom stereocenters. The van der Waals surface area contributed by atoms with Crippen molar-refractivity contribution in [3.63, 3.8) is 0 Å². The number of aryl methyl sites for hydroxylation is 1. The smallest absolute Gasteiger partial charge is 0.131 e. The van der Waals surface area contributed by atoms with Gasteiger partial charge in [-0.25, -0.2) is 19.9 Å². The van der Waals surface area contributed by atoms with Gasteiger partial charge in [0, 0.05) is 42.6 Å². The topological polar surface area (TPSA) is 68.6 Å². The van der Waals surface area contributed by atoms with Crippen molar-refractivity contribution in [3.8, 4) is 0 Å². The van der Waals surface area contributed by atoms with Crippen molar-refractivity contribution in [3.05, 3.63) is 40.9 Å². The van der Waals surface area contributed by atoms with Gasteiger partial charge in [-0.1, -0.05) is 11.6 Å². The maximum absolute atomic E-state index is 11.9. The van der Waals surface area contributed by atoms with Crippen LogP contribution in [0.5, 0.6) is 0 Å². The van der Waals surface area contributed by atoms with E-state index < -0.39 is 10.8 Å². The molecule has 1 atom stereocenters. The summed E-state index contributed by atoms with van der Waals surface area (Å²) < 4.78 is 19.9. The molecule has 1 aliphatic carbocycles. The molecule has 0 bridgehead atoms. The van der Waals surface area contributed by atoms with Crippen LogP contribution in [0.1, 0.15) is 56.2 Å². The summed E-state index contributed by atoms with van der Waals surface area (Å²) in [5.41, 5.74) is 0.812. The molecule has 0 saturated heterocycles. The van der Waals surface area contributed by atoms with Gasteiger partial charge in [0.2, 0.25) is 0 Å². The zero-order chi connectivity index (χ0) is 16.7. The van der Waals surface area contributed by atoms with Crippen LogP contribution in [0.4, 0.5) is 0 Å². The molecule has 4 rings (SSSR count). The van der Waals surface area contributed by atoms with E-state index in [4.69, 9.17) is 13.0 Å². The number of rotatable bonds is 2. The van der Waals surface area contributed by atoms with Crippen LogP contribution in [-0.4, -0.2) is 29.9 Å². The van der Waals surface area contributed by atoms with Crippen LogP contribution in [0.15, 0.2) is 23.5 Å². The molecule has 0 radical (unpaired) electrons. The van der Waals surface area contributed by atoms with Gasteiger partial charge in [0.05, 0.1) is 27.8 Å². The van der Waals surface area contributed by atoms with E-state index in [1.54, 1.807) is 12.4 Å². The van der Waals surface area contributed by atoms with Crippen LogP contribution in [0.25, 0.3) is 0 Å². The summed E-state index contributed by atoms with van der Waals surface area (Å²) in [7, 11) is -1.09. The second kappa shape index (κ2) is 6.24. The second-order valence-electron chi connectivity index (χ2n) is 6.08. The maximum Gasteiger partial charge on any atom is 0.131 e. The van der Waals surface area contributed by atoms with Gasteiger partial charge in [-0.3, -0.25) is 4.21 Å². The van der Waals surface area contributed by atoms with Crippen molar-refractivity contribution in [1.29, 1.82) is 0 Å². The Hall–Kier alpha value is -1.40. The lowest BCUT2D eigenvalue weighted by atomic mass is 9.81. The van der Waals surface area contributed by atoms with Crippen LogP contribution in [0.3, 0.4) is 0 Å². The van der Waals surface area contributed by atoms with Gasteiger partial charge in [-0.15, -0.1) is 0 Å². The Labute approximate surface area is 143 Å². The molecule has 5 nitrogen and oxygen atoms in total. The monoisotopic (exact) mass is 349 g/mol. The zero-order valence-electron chi connectivity index (χ0n) is 13.5. The number of halogens is 1. The van der Waals surface area contributed by atoms with E-state index in [9.17, 15) is 4.21 Å². The molecule has 0 aromatic carbocycles. The summed E-state index contributed by atoms with van der Waals surface area (Å²) in [5.74, 6) is 2.77.